The topological polar surface area (TPSA) is 52.3 Å². The molecule has 3 aliphatic carbocycles. The van der Waals surface area contributed by atoms with Gasteiger partial charge in [-0.2, -0.15) is 0 Å². The van der Waals surface area contributed by atoms with Gasteiger partial charge in [0.05, 0.1) is 0 Å². The van der Waals surface area contributed by atoms with E-state index in [-0.39, 0.29) is 17.5 Å². The predicted molar refractivity (Wildman–Crippen MR) is 124 cm³/mol. The number of nitrogens with two attached hydrogens (primary N) is 1. The van der Waals surface area contributed by atoms with Gasteiger partial charge in [-0.1, -0.05) is 58.5 Å². The van der Waals surface area contributed by atoms with E-state index < -0.39 is 0 Å². The van der Waals surface area contributed by atoms with Crippen LogP contribution < -0.4 is 5.73 Å². The summed E-state index contributed by atoms with van der Waals surface area (Å²) in [6.07, 6.45) is 16.9. The molecule has 154 valence electrons. The molecule has 4 heteroatoms. The molecule has 0 radical (unpaired) electrons. The lowest BCUT2D eigenvalue weighted by Crippen LogP contribution is -2.42. The third-order valence-electron chi connectivity index (χ3n) is 7.26. The van der Waals surface area contributed by atoms with E-state index in [4.69, 9.17) is 10.5 Å². The minimum absolute atomic E-state index is 0.00179. The Hall–Kier alpha value is -0.880. The van der Waals surface area contributed by atoms with Gasteiger partial charge in [-0.15, -0.1) is 0 Å². The van der Waals surface area contributed by atoms with Crippen LogP contribution in [0.4, 0.5) is 0 Å². The summed E-state index contributed by atoms with van der Waals surface area (Å²) in [6.45, 7) is 6.54. The fourth-order valence-corrected chi connectivity index (χ4v) is 6.14. The summed E-state index contributed by atoms with van der Waals surface area (Å²) in [6, 6.07) is 0. The third-order valence-corrected chi connectivity index (χ3v) is 7.77. The SMILES string of the molecule is C=C1CCC(OC(C)=O)C/C1=C\C=C1/CCCC2(CN)C(C/C=C/I)CCC12. The number of hydrogen-bond acceptors (Lipinski definition) is 3. The molecule has 3 saturated carbocycles. The summed E-state index contributed by atoms with van der Waals surface area (Å²) >= 11 is 2.32. The van der Waals surface area contributed by atoms with Crippen LogP contribution in [0.25, 0.3) is 0 Å². The number of carbonyl (C=O) groups excluding carboxylic acids is 1. The van der Waals surface area contributed by atoms with E-state index in [2.05, 4.69) is 51.5 Å². The van der Waals surface area contributed by atoms with E-state index in [1.807, 2.05) is 0 Å². The average molecular weight is 495 g/mol. The fourth-order valence-electron chi connectivity index (χ4n) is 5.85. The highest BCUT2D eigenvalue weighted by Crippen LogP contribution is 2.58. The summed E-state index contributed by atoms with van der Waals surface area (Å²) in [5.74, 6) is 1.15. The minimum atomic E-state index is -0.187. The lowest BCUT2D eigenvalue weighted by Gasteiger charge is -2.44. The van der Waals surface area contributed by atoms with Gasteiger partial charge < -0.3 is 10.5 Å². The molecule has 0 saturated heterocycles. The highest BCUT2D eigenvalue weighted by molar-refractivity contribution is 14.1. The number of fused-ring (bicyclic) bond motifs is 1. The molecule has 0 aliphatic heterocycles. The Kier molecular flexibility index (Phi) is 7.60. The Balaban J connectivity index is 1.79. The normalized spacial score (nSPS) is 36.2. The number of halogens is 1. The largest absolute Gasteiger partial charge is 0.462 e. The monoisotopic (exact) mass is 495 g/mol. The summed E-state index contributed by atoms with van der Waals surface area (Å²) < 4.78 is 7.60. The van der Waals surface area contributed by atoms with Crippen LogP contribution >= 0.6 is 22.6 Å². The summed E-state index contributed by atoms with van der Waals surface area (Å²) in [7, 11) is 0. The molecule has 28 heavy (non-hydrogen) atoms. The molecule has 0 amide bonds. The van der Waals surface area contributed by atoms with Crippen LogP contribution in [0.5, 0.6) is 0 Å². The number of allylic oxidation sites excluding steroid dienone is 5. The highest BCUT2D eigenvalue weighted by Gasteiger charge is 2.50. The average Bonchev–Trinajstić information content (AvgIpc) is 3.05. The number of rotatable bonds is 5. The Bertz CT molecular complexity index is 693. The van der Waals surface area contributed by atoms with Crippen LogP contribution in [0.15, 0.2) is 45.6 Å². The van der Waals surface area contributed by atoms with Crippen molar-refractivity contribution in [2.24, 2.45) is 23.0 Å². The summed E-state index contributed by atoms with van der Waals surface area (Å²) in [5.41, 5.74) is 10.7. The van der Waals surface area contributed by atoms with Crippen molar-refractivity contribution in [2.45, 2.75) is 70.8 Å². The molecule has 3 aliphatic rings. The lowest BCUT2D eigenvalue weighted by molar-refractivity contribution is -0.146. The minimum Gasteiger partial charge on any atom is -0.462 e. The second kappa shape index (κ2) is 9.75. The molecule has 0 aromatic heterocycles. The van der Waals surface area contributed by atoms with Crippen molar-refractivity contribution in [1.29, 1.82) is 0 Å². The molecule has 4 unspecified atom stereocenters. The maximum atomic E-state index is 11.3. The zero-order valence-electron chi connectivity index (χ0n) is 17.1. The van der Waals surface area contributed by atoms with Gasteiger partial charge in [0.1, 0.15) is 6.10 Å². The summed E-state index contributed by atoms with van der Waals surface area (Å²) in [5, 5.41) is 0. The third kappa shape index (κ3) is 4.64. The molecule has 0 bridgehead atoms. The Morgan fingerprint density at radius 3 is 2.86 bits per heavy atom. The Morgan fingerprint density at radius 2 is 2.14 bits per heavy atom. The molecule has 4 atom stereocenters. The van der Waals surface area contributed by atoms with Crippen molar-refractivity contribution in [2.75, 3.05) is 6.54 Å². The molecule has 2 N–H and O–H groups in total. The van der Waals surface area contributed by atoms with E-state index in [0.717, 1.165) is 32.2 Å². The molecule has 0 heterocycles. The predicted octanol–water partition coefficient (Wildman–Crippen LogP) is 6.01. The number of esters is 1. The van der Waals surface area contributed by atoms with E-state index in [1.54, 1.807) is 5.57 Å². The Labute approximate surface area is 183 Å². The number of hydrogen-bond donors (Lipinski definition) is 1. The second-order valence-corrected chi connectivity index (χ2v) is 9.45. The maximum absolute atomic E-state index is 11.3. The van der Waals surface area contributed by atoms with Gasteiger partial charge in [0.25, 0.3) is 0 Å². The maximum Gasteiger partial charge on any atom is 0.302 e. The molecular weight excluding hydrogens is 461 g/mol. The molecule has 3 rings (SSSR count). The molecule has 0 aromatic carbocycles. The van der Waals surface area contributed by atoms with Gasteiger partial charge in [0.2, 0.25) is 0 Å². The van der Waals surface area contributed by atoms with Crippen LogP contribution in [0, 0.1) is 17.3 Å². The van der Waals surface area contributed by atoms with Crippen LogP contribution in [-0.2, 0) is 9.53 Å². The van der Waals surface area contributed by atoms with Gasteiger partial charge in [0.15, 0.2) is 0 Å². The van der Waals surface area contributed by atoms with Gasteiger partial charge in [-0.25, -0.2) is 0 Å². The van der Waals surface area contributed by atoms with Crippen LogP contribution in [-0.4, -0.2) is 18.6 Å². The first-order chi connectivity index (χ1) is 13.5. The van der Waals surface area contributed by atoms with Crippen molar-refractivity contribution in [1.82, 2.24) is 0 Å². The summed E-state index contributed by atoms with van der Waals surface area (Å²) in [4.78, 5) is 11.3. The van der Waals surface area contributed by atoms with Crippen LogP contribution in [0.1, 0.15) is 64.7 Å². The van der Waals surface area contributed by atoms with Crippen LogP contribution in [0.3, 0.4) is 0 Å². The van der Waals surface area contributed by atoms with Gasteiger partial charge in [-0.3, -0.25) is 4.79 Å². The van der Waals surface area contributed by atoms with E-state index in [1.165, 1.54) is 50.2 Å². The first kappa shape index (κ1) is 21.8. The second-order valence-electron chi connectivity index (χ2n) is 8.73. The standard InChI is InChI=1S/C24H34INO2/c1-17-7-11-22(28-18(2)27)15-20(17)9-8-19-5-3-13-24(16-26)21(6-4-14-25)10-12-23(19)24/h4,8-9,14,21-23H,1,3,5-7,10-13,15-16,26H2,2H3/b14-4+,19-8+,20-9+. The first-order valence-electron chi connectivity index (χ1n) is 10.7. The van der Waals surface area contributed by atoms with Gasteiger partial charge in [-0.05, 0) is 84.8 Å². The Morgan fingerprint density at radius 1 is 1.32 bits per heavy atom. The van der Waals surface area contributed by atoms with Crippen molar-refractivity contribution < 1.29 is 9.53 Å². The quantitative estimate of drug-likeness (QED) is 0.376. The molecular formula is C24H34INO2. The van der Waals surface area contributed by atoms with Crippen molar-refractivity contribution >= 4 is 28.6 Å². The van der Waals surface area contributed by atoms with E-state index >= 15 is 0 Å². The molecule has 3 nitrogen and oxygen atoms in total. The molecule has 0 aromatic rings. The van der Waals surface area contributed by atoms with Gasteiger partial charge in [0, 0.05) is 13.3 Å². The first-order valence-corrected chi connectivity index (χ1v) is 11.9. The van der Waals surface area contributed by atoms with Gasteiger partial charge >= 0.3 is 5.97 Å². The zero-order valence-corrected chi connectivity index (χ0v) is 19.2. The smallest absolute Gasteiger partial charge is 0.302 e. The number of carbonyl (C=O) groups is 1. The zero-order chi connectivity index (χ0) is 20.1. The van der Waals surface area contributed by atoms with Crippen molar-refractivity contribution in [3.63, 3.8) is 0 Å². The van der Waals surface area contributed by atoms with Crippen molar-refractivity contribution in [3.05, 3.63) is 45.6 Å². The fraction of sp³-hybridized carbons (Fsp3) is 0.625. The highest BCUT2D eigenvalue weighted by atomic mass is 127. The number of ether oxygens (including phenoxy) is 1. The molecule has 0 spiro atoms. The van der Waals surface area contributed by atoms with E-state index in [0.29, 0.717) is 11.8 Å². The lowest BCUT2D eigenvalue weighted by atomic mass is 9.61. The van der Waals surface area contributed by atoms with E-state index in [9.17, 15) is 4.79 Å². The van der Waals surface area contributed by atoms with Crippen LogP contribution in [0.2, 0.25) is 0 Å². The van der Waals surface area contributed by atoms with Crippen molar-refractivity contribution in [3.8, 4) is 0 Å². The molecule has 3 fully saturated rings.